The van der Waals surface area contributed by atoms with Crippen LogP contribution >= 0.6 is 15.9 Å². The van der Waals surface area contributed by atoms with Gasteiger partial charge in [0, 0.05) is 22.6 Å². The molecule has 0 aliphatic heterocycles. The van der Waals surface area contributed by atoms with E-state index >= 15 is 0 Å². The Balaban J connectivity index is 1.87. The Morgan fingerprint density at radius 1 is 1.47 bits per heavy atom. The number of carboxylic acid groups (broad SMARTS) is 1. The molecule has 0 aromatic heterocycles. The zero-order chi connectivity index (χ0) is 13.7. The Kier molecular flexibility index (Phi) is 5.04. The molecule has 1 aromatic rings. The van der Waals surface area contributed by atoms with Gasteiger partial charge in [-0.3, -0.25) is 0 Å². The maximum Gasteiger partial charge on any atom is 0.404 e. The molecule has 19 heavy (non-hydrogen) atoms. The van der Waals surface area contributed by atoms with Gasteiger partial charge in [-0.15, -0.1) is 0 Å². The quantitative estimate of drug-likeness (QED) is 0.672. The van der Waals surface area contributed by atoms with Crippen molar-refractivity contribution in [3.63, 3.8) is 0 Å². The summed E-state index contributed by atoms with van der Waals surface area (Å²) in [7, 11) is 0. The van der Waals surface area contributed by atoms with Crippen LogP contribution in [0.2, 0.25) is 0 Å². The third kappa shape index (κ3) is 5.08. The predicted octanol–water partition coefficient (Wildman–Crippen LogP) is 2.35. The topological polar surface area (TPSA) is 70.6 Å². The number of nitrogens with one attached hydrogen (secondary N) is 2. The molecule has 1 fully saturated rings. The van der Waals surface area contributed by atoms with Crippen molar-refractivity contribution in [3.05, 3.63) is 28.2 Å². The van der Waals surface area contributed by atoms with E-state index in [-0.39, 0.29) is 6.54 Å². The molecule has 1 aromatic carbocycles. The summed E-state index contributed by atoms with van der Waals surface area (Å²) < 4.78 is 6.57. The fraction of sp³-hybridized carbons (Fsp3) is 0.462. The molecule has 0 spiro atoms. The van der Waals surface area contributed by atoms with Crippen LogP contribution in [-0.2, 0) is 6.54 Å². The molecule has 1 aliphatic carbocycles. The molecule has 0 unspecified atom stereocenters. The fourth-order valence-corrected chi connectivity index (χ4v) is 2.01. The van der Waals surface area contributed by atoms with Crippen molar-refractivity contribution in [2.45, 2.75) is 25.4 Å². The van der Waals surface area contributed by atoms with E-state index in [4.69, 9.17) is 9.84 Å². The number of ether oxygens (including phenoxy) is 1. The number of carbonyl (C=O) groups is 1. The maximum atomic E-state index is 10.3. The molecule has 6 heteroatoms. The van der Waals surface area contributed by atoms with Gasteiger partial charge in [-0.05, 0) is 25.0 Å². The van der Waals surface area contributed by atoms with Gasteiger partial charge in [0.25, 0.3) is 0 Å². The predicted molar refractivity (Wildman–Crippen MR) is 75.5 cm³/mol. The lowest BCUT2D eigenvalue weighted by molar-refractivity contribution is 0.191. The van der Waals surface area contributed by atoms with E-state index < -0.39 is 6.09 Å². The average molecular weight is 329 g/mol. The van der Waals surface area contributed by atoms with E-state index in [0.29, 0.717) is 12.6 Å². The molecule has 0 radical (unpaired) electrons. The highest BCUT2D eigenvalue weighted by atomic mass is 79.9. The largest absolute Gasteiger partial charge is 0.491 e. The van der Waals surface area contributed by atoms with Crippen LogP contribution in [0, 0.1) is 0 Å². The number of amides is 1. The van der Waals surface area contributed by atoms with Crippen molar-refractivity contribution in [3.8, 4) is 5.75 Å². The highest BCUT2D eigenvalue weighted by Crippen LogP contribution is 2.25. The van der Waals surface area contributed by atoms with E-state index in [2.05, 4.69) is 26.6 Å². The lowest BCUT2D eigenvalue weighted by Crippen LogP contribution is -2.26. The summed E-state index contributed by atoms with van der Waals surface area (Å²) in [6.45, 7) is 1.37. The monoisotopic (exact) mass is 328 g/mol. The smallest absolute Gasteiger partial charge is 0.404 e. The van der Waals surface area contributed by atoms with Gasteiger partial charge >= 0.3 is 6.09 Å². The van der Waals surface area contributed by atoms with Crippen molar-refractivity contribution in [2.75, 3.05) is 13.2 Å². The third-order valence-electron chi connectivity index (χ3n) is 2.82. The summed E-state index contributed by atoms with van der Waals surface area (Å²) in [4.78, 5) is 10.3. The molecule has 1 amide bonds. The number of rotatable bonds is 7. The van der Waals surface area contributed by atoms with E-state index in [0.717, 1.165) is 22.3 Å². The molecule has 104 valence electrons. The maximum absolute atomic E-state index is 10.3. The molecule has 0 bridgehead atoms. The van der Waals surface area contributed by atoms with Crippen molar-refractivity contribution in [1.29, 1.82) is 0 Å². The molecule has 0 heterocycles. The summed E-state index contributed by atoms with van der Waals surface area (Å²) in [5.74, 6) is 0.787. The minimum Gasteiger partial charge on any atom is -0.491 e. The number of hydrogen-bond acceptors (Lipinski definition) is 3. The second-order valence-electron chi connectivity index (χ2n) is 4.49. The molecular weight excluding hydrogens is 312 g/mol. The number of hydrogen-bond donors (Lipinski definition) is 3. The summed E-state index contributed by atoms with van der Waals surface area (Å²) >= 11 is 3.41. The molecule has 5 nitrogen and oxygen atoms in total. The van der Waals surface area contributed by atoms with Gasteiger partial charge < -0.3 is 20.5 Å². The molecular formula is C13H17BrN2O3. The van der Waals surface area contributed by atoms with Crippen LogP contribution in [0.4, 0.5) is 4.79 Å². The van der Waals surface area contributed by atoms with Gasteiger partial charge in [0.15, 0.2) is 0 Å². The molecule has 1 aliphatic rings. The number of halogens is 1. The summed E-state index contributed by atoms with van der Waals surface area (Å²) in [6, 6.07) is 6.54. The first kappa shape index (κ1) is 14.1. The molecule has 3 N–H and O–H groups in total. The standard InChI is InChI=1S/C13H17BrN2O3/c14-10-2-1-9(8-16-11-3-4-11)12(7-10)19-6-5-15-13(17)18/h1-2,7,11,15-16H,3-6,8H2,(H,17,18). The van der Waals surface area contributed by atoms with Crippen LogP contribution in [0.25, 0.3) is 0 Å². The van der Waals surface area contributed by atoms with Gasteiger partial charge in [-0.2, -0.15) is 0 Å². The van der Waals surface area contributed by atoms with E-state index in [1.807, 2.05) is 18.2 Å². The Bertz CT molecular complexity index is 450. The normalized spacial score (nSPS) is 14.2. The third-order valence-corrected chi connectivity index (χ3v) is 3.32. The first-order chi connectivity index (χ1) is 9.15. The average Bonchev–Trinajstić information content (AvgIpc) is 3.17. The van der Waals surface area contributed by atoms with Crippen molar-refractivity contribution in [2.24, 2.45) is 0 Å². The number of benzene rings is 1. The van der Waals surface area contributed by atoms with E-state index in [1.54, 1.807) is 0 Å². The minimum atomic E-state index is -1.03. The van der Waals surface area contributed by atoms with Gasteiger partial charge in [-0.25, -0.2) is 4.79 Å². The van der Waals surface area contributed by atoms with Crippen molar-refractivity contribution >= 4 is 22.0 Å². The Morgan fingerprint density at radius 3 is 2.95 bits per heavy atom. The lowest BCUT2D eigenvalue weighted by atomic mass is 10.2. The van der Waals surface area contributed by atoms with Crippen LogP contribution in [0.5, 0.6) is 5.75 Å². The molecule has 1 saturated carbocycles. The van der Waals surface area contributed by atoms with Crippen LogP contribution < -0.4 is 15.4 Å². The second kappa shape index (κ2) is 6.77. The van der Waals surface area contributed by atoms with Crippen molar-refractivity contribution in [1.82, 2.24) is 10.6 Å². The van der Waals surface area contributed by atoms with Gasteiger partial charge in [0.1, 0.15) is 12.4 Å². The SMILES string of the molecule is O=C(O)NCCOc1cc(Br)ccc1CNC1CC1. The first-order valence-corrected chi connectivity index (χ1v) is 7.06. The summed E-state index contributed by atoms with van der Waals surface area (Å²) in [5.41, 5.74) is 1.09. The van der Waals surface area contributed by atoms with Crippen LogP contribution in [0.3, 0.4) is 0 Å². The highest BCUT2D eigenvalue weighted by molar-refractivity contribution is 9.10. The van der Waals surface area contributed by atoms with Crippen LogP contribution in [0.15, 0.2) is 22.7 Å². The Hall–Kier alpha value is -1.27. The van der Waals surface area contributed by atoms with Crippen LogP contribution in [-0.4, -0.2) is 30.4 Å². The summed E-state index contributed by atoms with van der Waals surface area (Å²) in [6.07, 6.45) is 1.46. The molecule has 0 saturated heterocycles. The highest BCUT2D eigenvalue weighted by Gasteiger charge is 2.20. The van der Waals surface area contributed by atoms with Crippen molar-refractivity contribution < 1.29 is 14.6 Å². The first-order valence-electron chi connectivity index (χ1n) is 6.26. The molecule has 2 rings (SSSR count). The van der Waals surface area contributed by atoms with Gasteiger partial charge in [0.2, 0.25) is 0 Å². The Morgan fingerprint density at radius 2 is 2.26 bits per heavy atom. The fourth-order valence-electron chi connectivity index (χ4n) is 1.67. The zero-order valence-corrected chi connectivity index (χ0v) is 12.1. The second-order valence-corrected chi connectivity index (χ2v) is 5.40. The van der Waals surface area contributed by atoms with E-state index in [9.17, 15) is 4.79 Å². The van der Waals surface area contributed by atoms with Crippen LogP contribution in [0.1, 0.15) is 18.4 Å². The zero-order valence-electron chi connectivity index (χ0n) is 10.5. The minimum absolute atomic E-state index is 0.275. The lowest BCUT2D eigenvalue weighted by Gasteiger charge is -2.12. The summed E-state index contributed by atoms with van der Waals surface area (Å²) in [5, 5.41) is 14.2. The molecule has 0 atom stereocenters. The van der Waals surface area contributed by atoms with Gasteiger partial charge in [0.05, 0.1) is 6.54 Å². The van der Waals surface area contributed by atoms with Gasteiger partial charge in [-0.1, -0.05) is 22.0 Å². The van der Waals surface area contributed by atoms with E-state index in [1.165, 1.54) is 12.8 Å². The Labute approximate surface area is 120 Å².